The number of hydrogen-bond donors (Lipinski definition) is 2. The molecule has 0 spiro atoms. The second-order valence-electron chi connectivity index (χ2n) is 4.79. The number of sulfonamides is 1. The Morgan fingerprint density at radius 2 is 1.94 bits per heavy atom. The Balaban J connectivity index is 2.22. The summed E-state index contributed by atoms with van der Waals surface area (Å²) in [5, 5.41) is 2.78. The summed E-state index contributed by atoms with van der Waals surface area (Å²) in [7, 11) is -3.09. The second-order valence-corrected chi connectivity index (χ2v) is 6.63. The highest BCUT2D eigenvalue weighted by molar-refractivity contribution is 7.88. The number of nitrogens with one attached hydrogen (secondary N) is 2. The Kier molecular flexibility index (Phi) is 6.04. The van der Waals surface area contributed by atoms with E-state index in [1.54, 1.807) is 0 Å². The molecule has 1 saturated heterocycles. The molecule has 1 aliphatic rings. The maximum atomic E-state index is 11.4. The van der Waals surface area contributed by atoms with Gasteiger partial charge >= 0.3 is 0 Å². The molecule has 0 aromatic heterocycles. The molecule has 1 rings (SSSR count). The van der Waals surface area contributed by atoms with Gasteiger partial charge in [0.05, 0.1) is 12.8 Å². The second kappa shape index (κ2) is 7.06. The summed E-state index contributed by atoms with van der Waals surface area (Å²) >= 11 is 0. The number of piperidine rings is 1. The fourth-order valence-electron chi connectivity index (χ4n) is 2.07. The predicted molar refractivity (Wildman–Crippen MR) is 70.7 cm³/mol. The van der Waals surface area contributed by atoms with Gasteiger partial charge < -0.3 is 5.32 Å². The van der Waals surface area contributed by atoms with Crippen LogP contribution < -0.4 is 10.0 Å². The van der Waals surface area contributed by atoms with Crippen LogP contribution in [0, 0.1) is 5.92 Å². The molecule has 0 atom stereocenters. The van der Waals surface area contributed by atoms with Crippen molar-refractivity contribution < 1.29 is 13.2 Å². The number of amides is 1. The van der Waals surface area contributed by atoms with Crippen molar-refractivity contribution in [2.24, 2.45) is 5.92 Å². The van der Waals surface area contributed by atoms with Gasteiger partial charge in [-0.3, -0.25) is 9.69 Å². The van der Waals surface area contributed by atoms with Crippen LogP contribution in [0.4, 0.5) is 0 Å². The summed E-state index contributed by atoms with van der Waals surface area (Å²) in [6.07, 6.45) is 3.04. The minimum absolute atomic E-state index is 0.0604. The van der Waals surface area contributed by atoms with Crippen molar-refractivity contribution in [3.05, 3.63) is 0 Å². The number of rotatable bonds is 6. The normalized spacial score (nSPS) is 18.8. The SMILES string of the molecule is CCNC(=O)CN1CCC(CNS(C)(=O)=O)CC1. The maximum absolute atomic E-state index is 11.4. The smallest absolute Gasteiger partial charge is 0.234 e. The van der Waals surface area contributed by atoms with Crippen molar-refractivity contribution in [3.8, 4) is 0 Å². The Morgan fingerprint density at radius 1 is 1.33 bits per heavy atom. The quantitative estimate of drug-likeness (QED) is 0.678. The molecule has 1 aliphatic heterocycles. The predicted octanol–water partition coefficient (Wildman–Crippen LogP) is -0.616. The van der Waals surface area contributed by atoms with Crippen LogP contribution in [0.5, 0.6) is 0 Å². The van der Waals surface area contributed by atoms with Gasteiger partial charge in [0.15, 0.2) is 0 Å². The molecule has 106 valence electrons. The fraction of sp³-hybridized carbons (Fsp3) is 0.909. The lowest BCUT2D eigenvalue weighted by Crippen LogP contribution is -2.43. The molecule has 0 aromatic rings. The molecular formula is C11H23N3O3S. The highest BCUT2D eigenvalue weighted by Crippen LogP contribution is 2.16. The number of hydrogen-bond acceptors (Lipinski definition) is 4. The molecule has 0 aliphatic carbocycles. The third-order valence-electron chi connectivity index (χ3n) is 3.08. The summed E-state index contributed by atoms with van der Waals surface area (Å²) in [4.78, 5) is 13.5. The molecule has 1 amide bonds. The van der Waals surface area contributed by atoms with Crippen LogP contribution in [0.2, 0.25) is 0 Å². The molecule has 0 unspecified atom stereocenters. The summed E-state index contributed by atoms with van der Waals surface area (Å²) in [6, 6.07) is 0. The summed E-state index contributed by atoms with van der Waals surface area (Å²) in [6.45, 7) is 5.23. The average Bonchev–Trinajstić information content (AvgIpc) is 2.27. The number of carbonyl (C=O) groups is 1. The van der Waals surface area contributed by atoms with Crippen molar-refractivity contribution in [3.63, 3.8) is 0 Å². The number of carbonyl (C=O) groups excluding carboxylic acids is 1. The Bertz CT molecular complexity index is 362. The van der Waals surface area contributed by atoms with E-state index < -0.39 is 10.0 Å². The molecule has 0 saturated carbocycles. The monoisotopic (exact) mass is 277 g/mol. The van der Waals surface area contributed by atoms with Gasteiger partial charge in [0.25, 0.3) is 0 Å². The first-order valence-corrected chi connectivity index (χ1v) is 8.23. The van der Waals surface area contributed by atoms with E-state index in [-0.39, 0.29) is 5.91 Å². The largest absolute Gasteiger partial charge is 0.355 e. The van der Waals surface area contributed by atoms with Gasteiger partial charge in [-0.15, -0.1) is 0 Å². The van der Waals surface area contributed by atoms with Gasteiger partial charge in [-0.1, -0.05) is 0 Å². The highest BCUT2D eigenvalue weighted by Gasteiger charge is 2.21. The molecule has 0 bridgehead atoms. The van der Waals surface area contributed by atoms with Crippen LogP contribution in [0.25, 0.3) is 0 Å². The third kappa shape index (κ3) is 6.32. The van der Waals surface area contributed by atoms with E-state index in [4.69, 9.17) is 0 Å². The first-order valence-electron chi connectivity index (χ1n) is 6.34. The van der Waals surface area contributed by atoms with E-state index in [0.717, 1.165) is 25.9 Å². The minimum atomic E-state index is -3.09. The average molecular weight is 277 g/mol. The number of likely N-dealkylation sites (N-methyl/N-ethyl adjacent to an activating group) is 1. The lowest BCUT2D eigenvalue weighted by atomic mass is 9.97. The van der Waals surface area contributed by atoms with E-state index in [1.165, 1.54) is 6.26 Å². The molecule has 18 heavy (non-hydrogen) atoms. The van der Waals surface area contributed by atoms with Gasteiger partial charge in [-0.25, -0.2) is 13.1 Å². The van der Waals surface area contributed by atoms with E-state index in [0.29, 0.717) is 25.6 Å². The van der Waals surface area contributed by atoms with E-state index in [9.17, 15) is 13.2 Å². The minimum Gasteiger partial charge on any atom is -0.355 e. The molecule has 0 aromatic carbocycles. The van der Waals surface area contributed by atoms with Crippen LogP contribution in [-0.2, 0) is 14.8 Å². The topological polar surface area (TPSA) is 78.5 Å². The van der Waals surface area contributed by atoms with Crippen molar-refractivity contribution in [2.75, 3.05) is 39.0 Å². The summed E-state index contributed by atoms with van der Waals surface area (Å²) in [5.74, 6) is 0.440. The lowest BCUT2D eigenvalue weighted by molar-refractivity contribution is -0.122. The standard InChI is InChI=1S/C11H23N3O3S/c1-3-12-11(15)9-14-6-4-10(5-7-14)8-13-18(2,16)17/h10,13H,3-9H2,1-2H3,(H,12,15). The van der Waals surface area contributed by atoms with E-state index in [1.807, 2.05) is 6.92 Å². The Morgan fingerprint density at radius 3 is 2.44 bits per heavy atom. The number of nitrogens with zero attached hydrogens (tertiary/aromatic N) is 1. The van der Waals surface area contributed by atoms with Crippen LogP contribution in [0.1, 0.15) is 19.8 Å². The molecule has 1 fully saturated rings. The third-order valence-corrected chi connectivity index (χ3v) is 3.77. The summed E-state index contributed by atoms with van der Waals surface area (Å²) in [5.41, 5.74) is 0. The van der Waals surface area contributed by atoms with E-state index >= 15 is 0 Å². The van der Waals surface area contributed by atoms with Gasteiger partial charge in [0.1, 0.15) is 0 Å². The van der Waals surface area contributed by atoms with Crippen LogP contribution in [-0.4, -0.2) is 58.2 Å². The molecule has 0 radical (unpaired) electrons. The van der Waals surface area contributed by atoms with Gasteiger partial charge in [-0.05, 0) is 38.8 Å². The molecule has 2 N–H and O–H groups in total. The zero-order chi connectivity index (χ0) is 13.6. The van der Waals surface area contributed by atoms with Crippen LogP contribution in [0.15, 0.2) is 0 Å². The molecule has 6 nitrogen and oxygen atoms in total. The highest BCUT2D eigenvalue weighted by atomic mass is 32.2. The van der Waals surface area contributed by atoms with Crippen molar-refractivity contribution in [1.82, 2.24) is 14.9 Å². The van der Waals surface area contributed by atoms with Gasteiger partial charge in [-0.2, -0.15) is 0 Å². The van der Waals surface area contributed by atoms with E-state index in [2.05, 4.69) is 14.9 Å². The zero-order valence-electron chi connectivity index (χ0n) is 11.1. The maximum Gasteiger partial charge on any atom is 0.234 e. The zero-order valence-corrected chi connectivity index (χ0v) is 11.9. The van der Waals surface area contributed by atoms with Crippen molar-refractivity contribution in [1.29, 1.82) is 0 Å². The molecular weight excluding hydrogens is 254 g/mol. The fourth-order valence-corrected chi connectivity index (χ4v) is 2.61. The molecule has 7 heteroatoms. The van der Waals surface area contributed by atoms with Crippen molar-refractivity contribution in [2.45, 2.75) is 19.8 Å². The van der Waals surface area contributed by atoms with Crippen LogP contribution in [0.3, 0.4) is 0 Å². The van der Waals surface area contributed by atoms with Gasteiger partial charge in [0, 0.05) is 13.1 Å². The first-order chi connectivity index (χ1) is 8.40. The van der Waals surface area contributed by atoms with Crippen molar-refractivity contribution >= 4 is 15.9 Å². The number of likely N-dealkylation sites (tertiary alicyclic amines) is 1. The van der Waals surface area contributed by atoms with Gasteiger partial charge in [0.2, 0.25) is 15.9 Å². The Hall–Kier alpha value is -0.660. The Labute approximate surface area is 109 Å². The van der Waals surface area contributed by atoms with Crippen LogP contribution >= 0.6 is 0 Å². The summed E-state index contributed by atoms with van der Waals surface area (Å²) < 4.78 is 24.5. The lowest BCUT2D eigenvalue weighted by Gasteiger charge is -2.31. The first kappa shape index (κ1) is 15.4. The molecule has 1 heterocycles.